The Morgan fingerprint density at radius 1 is 1.34 bits per heavy atom. The molecule has 4 rings (SSSR count). The molecule has 148 valence electrons. The molecule has 1 aliphatic carbocycles. The molecule has 1 aromatic heterocycles. The Hall–Kier alpha value is -3.21. The van der Waals surface area contributed by atoms with Crippen LogP contribution in [0.1, 0.15) is 43.0 Å². The van der Waals surface area contributed by atoms with Crippen LogP contribution in [0.5, 0.6) is 5.75 Å². The molecule has 29 heavy (non-hydrogen) atoms. The smallest absolute Gasteiger partial charge is 0.258 e. The molecule has 0 spiro atoms. The van der Waals surface area contributed by atoms with Crippen LogP contribution >= 0.6 is 0 Å². The SMILES string of the molecule is CC(C)Oc1ccc(-c2nc(-c3cccc4c3CC[C@@H]4NCN)no2)cc1C#N. The summed E-state index contributed by atoms with van der Waals surface area (Å²) in [5, 5.41) is 17.0. The molecule has 0 fully saturated rings. The maximum absolute atomic E-state index is 9.45. The summed E-state index contributed by atoms with van der Waals surface area (Å²) in [5.41, 5.74) is 10.2. The lowest BCUT2D eigenvalue weighted by Gasteiger charge is -2.12. The number of hydrogen-bond donors (Lipinski definition) is 2. The summed E-state index contributed by atoms with van der Waals surface area (Å²) >= 11 is 0. The number of nitrogens with zero attached hydrogens (tertiary/aromatic N) is 3. The van der Waals surface area contributed by atoms with Crippen molar-refractivity contribution in [3.05, 3.63) is 53.1 Å². The van der Waals surface area contributed by atoms with Crippen LogP contribution in [-0.4, -0.2) is 22.9 Å². The lowest BCUT2D eigenvalue weighted by Crippen LogP contribution is -2.25. The van der Waals surface area contributed by atoms with E-state index in [1.807, 2.05) is 32.0 Å². The fourth-order valence-electron chi connectivity index (χ4n) is 3.78. The molecule has 0 amide bonds. The van der Waals surface area contributed by atoms with E-state index >= 15 is 0 Å². The first kappa shape index (κ1) is 19.1. The third-order valence-electron chi connectivity index (χ3n) is 5.01. The van der Waals surface area contributed by atoms with E-state index in [1.54, 1.807) is 12.1 Å². The second-order valence-electron chi connectivity index (χ2n) is 7.29. The first-order valence-corrected chi connectivity index (χ1v) is 9.71. The topological polar surface area (TPSA) is 110 Å². The molecule has 1 atom stereocenters. The average Bonchev–Trinajstić information content (AvgIpc) is 3.36. The Labute approximate surface area is 169 Å². The van der Waals surface area contributed by atoms with Crippen molar-refractivity contribution < 1.29 is 9.26 Å². The van der Waals surface area contributed by atoms with Gasteiger partial charge in [0.1, 0.15) is 11.8 Å². The van der Waals surface area contributed by atoms with Gasteiger partial charge in [0, 0.05) is 23.8 Å². The fraction of sp³-hybridized carbons (Fsp3) is 0.318. The molecule has 0 unspecified atom stereocenters. The molecule has 7 nitrogen and oxygen atoms in total. The van der Waals surface area contributed by atoms with Gasteiger partial charge in [-0.25, -0.2) is 0 Å². The van der Waals surface area contributed by atoms with Gasteiger partial charge in [-0.3, -0.25) is 5.32 Å². The number of rotatable bonds is 6. The van der Waals surface area contributed by atoms with Crippen molar-refractivity contribution in [2.24, 2.45) is 5.73 Å². The van der Waals surface area contributed by atoms with Crippen LogP contribution in [0.15, 0.2) is 40.9 Å². The van der Waals surface area contributed by atoms with E-state index in [2.05, 4.69) is 27.6 Å². The first-order chi connectivity index (χ1) is 14.1. The van der Waals surface area contributed by atoms with Gasteiger partial charge in [-0.15, -0.1) is 0 Å². The van der Waals surface area contributed by atoms with Crippen molar-refractivity contribution in [2.45, 2.75) is 38.8 Å². The summed E-state index contributed by atoms with van der Waals surface area (Å²) in [6.45, 7) is 4.29. The molecule has 0 saturated heterocycles. The molecule has 0 bridgehead atoms. The minimum Gasteiger partial charge on any atom is -0.490 e. The molecule has 7 heteroatoms. The normalized spacial score (nSPS) is 15.3. The molecule has 0 saturated carbocycles. The van der Waals surface area contributed by atoms with Gasteiger partial charge in [-0.2, -0.15) is 10.2 Å². The summed E-state index contributed by atoms with van der Waals surface area (Å²) in [7, 11) is 0. The number of benzene rings is 2. The Morgan fingerprint density at radius 2 is 2.21 bits per heavy atom. The van der Waals surface area contributed by atoms with Gasteiger partial charge in [0.15, 0.2) is 0 Å². The fourth-order valence-corrected chi connectivity index (χ4v) is 3.78. The molecular weight excluding hydrogens is 366 g/mol. The van der Waals surface area contributed by atoms with Crippen LogP contribution in [-0.2, 0) is 6.42 Å². The van der Waals surface area contributed by atoms with Crippen LogP contribution in [0.4, 0.5) is 0 Å². The Balaban J connectivity index is 1.66. The van der Waals surface area contributed by atoms with Crippen LogP contribution in [0.3, 0.4) is 0 Å². The van der Waals surface area contributed by atoms with Gasteiger partial charge in [-0.1, -0.05) is 23.4 Å². The zero-order valence-corrected chi connectivity index (χ0v) is 16.5. The third-order valence-corrected chi connectivity index (χ3v) is 5.01. The maximum atomic E-state index is 9.45. The van der Waals surface area contributed by atoms with Gasteiger partial charge >= 0.3 is 0 Å². The lowest BCUT2D eigenvalue weighted by molar-refractivity contribution is 0.242. The summed E-state index contributed by atoms with van der Waals surface area (Å²) in [5.74, 6) is 1.47. The maximum Gasteiger partial charge on any atom is 0.258 e. The summed E-state index contributed by atoms with van der Waals surface area (Å²) in [6, 6.07) is 13.9. The van der Waals surface area contributed by atoms with E-state index in [1.165, 1.54) is 11.1 Å². The Bertz CT molecular complexity index is 1070. The predicted molar refractivity (Wildman–Crippen MR) is 109 cm³/mol. The van der Waals surface area contributed by atoms with Crippen LogP contribution in [0.25, 0.3) is 22.8 Å². The molecule has 1 aliphatic rings. The van der Waals surface area contributed by atoms with Crippen molar-refractivity contribution >= 4 is 0 Å². The average molecular weight is 389 g/mol. The van der Waals surface area contributed by atoms with Gasteiger partial charge < -0.3 is 15.0 Å². The summed E-state index contributed by atoms with van der Waals surface area (Å²) in [4.78, 5) is 4.59. The van der Waals surface area contributed by atoms with E-state index in [4.69, 9.17) is 15.0 Å². The Kier molecular flexibility index (Phi) is 5.30. The minimum absolute atomic E-state index is 0.0132. The molecule has 1 heterocycles. The molecule has 3 aromatic rings. The van der Waals surface area contributed by atoms with Crippen LogP contribution in [0, 0.1) is 11.3 Å². The van der Waals surface area contributed by atoms with E-state index in [-0.39, 0.29) is 12.1 Å². The lowest BCUT2D eigenvalue weighted by atomic mass is 10.0. The van der Waals surface area contributed by atoms with Crippen molar-refractivity contribution in [2.75, 3.05) is 6.67 Å². The van der Waals surface area contributed by atoms with E-state index in [9.17, 15) is 5.26 Å². The van der Waals surface area contributed by atoms with Gasteiger partial charge in [0.05, 0.1) is 11.7 Å². The van der Waals surface area contributed by atoms with Crippen LogP contribution < -0.4 is 15.8 Å². The molecular formula is C22H23N5O2. The highest BCUT2D eigenvalue weighted by Crippen LogP contribution is 2.37. The number of ether oxygens (including phenoxy) is 1. The predicted octanol–water partition coefficient (Wildman–Crippen LogP) is 3.56. The quantitative estimate of drug-likeness (QED) is 0.620. The van der Waals surface area contributed by atoms with Crippen molar-refractivity contribution in [1.29, 1.82) is 5.26 Å². The number of fused-ring (bicyclic) bond motifs is 1. The Morgan fingerprint density at radius 3 is 2.97 bits per heavy atom. The molecule has 2 aromatic carbocycles. The zero-order valence-electron chi connectivity index (χ0n) is 16.5. The summed E-state index contributed by atoms with van der Waals surface area (Å²) < 4.78 is 11.2. The van der Waals surface area contributed by atoms with E-state index in [0.29, 0.717) is 35.3 Å². The van der Waals surface area contributed by atoms with Crippen molar-refractivity contribution in [1.82, 2.24) is 15.5 Å². The van der Waals surface area contributed by atoms with Gasteiger partial charge in [0.25, 0.3) is 5.89 Å². The number of nitrogens with one attached hydrogen (secondary N) is 1. The highest BCUT2D eigenvalue weighted by molar-refractivity contribution is 5.67. The molecule has 0 aliphatic heterocycles. The monoisotopic (exact) mass is 389 g/mol. The highest BCUT2D eigenvalue weighted by Gasteiger charge is 2.26. The first-order valence-electron chi connectivity index (χ1n) is 9.71. The third kappa shape index (κ3) is 3.73. The van der Waals surface area contributed by atoms with Gasteiger partial charge in [0.2, 0.25) is 5.82 Å². The van der Waals surface area contributed by atoms with E-state index < -0.39 is 0 Å². The van der Waals surface area contributed by atoms with Crippen molar-refractivity contribution in [3.8, 4) is 34.7 Å². The number of nitriles is 1. The van der Waals surface area contributed by atoms with Gasteiger partial charge in [-0.05, 0) is 56.0 Å². The second kappa shape index (κ2) is 8.03. The van der Waals surface area contributed by atoms with Crippen molar-refractivity contribution in [3.63, 3.8) is 0 Å². The minimum atomic E-state index is -0.0132. The molecule has 3 N–H and O–H groups in total. The summed E-state index contributed by atoms with van der Waals surface area (Å²) in [6.07, 6.45) is 1.92. The standard InChI is InChI=1S/C22H23N5O2/c1-13(2)28-20-9-6-14(10-15(20)11-23)22-26-21(27-29-22)18-5-3-4-17-16(18)7-8-19(17)25-12-24/h3-6,9-10,13,19,25H,7-8,12,24H2,1-2H3/t19-/m0/s1. The molecule has 0 radical (unpaired) electrons. The largest absolute Gasteiger partial charge is 0.490 e. The number of hydrogen-bond acceptors (Lipinski definition) is 7. The second-order valence-corrected chi connectivity index (χ2v) is 7.29. The van der Waals surface area contributed by atoms with Crippen LogP contribution in [0.2, 0.25) is 0 Å². The van der Waals surface area contributed by atoms with E-state index in [0.717, 1.165) is 18.4 Å². The highest BCUT2D eigenvalue weighted by atomic mass is 16.5. The number of aromatic nitrogens is 2. The zero-order chi connectivity index (χ0) is 20.4. The number of nitrogens with two attached hydrogens (primary N) is 1.